The van der Waals surface area contributed by atoms with Gasteiger partial charge in [-0.05, 0) is 26.2 Å². The molecule has 0 aliphatic carbocycles. The van der Waals surface area contributed by atoms with Gasteiger partial charge >= 0.3 is 5.97 Å². The van der Waals surface area contributed by atoms with E-state index >= 15 is 0 Å². The van der Waals surface area contributed by atoms with Crippen LogP contribution in [0, 0.1) is 0 Å². The van der Waals surface area contributed by atoms with Crippen molar-refractivity contribution in [3.8, 4) is 0 Å². The number of likely N-dealkylation sites (tertiary alicyclic amines) is 1. The average molecular weight is 284 g/mol. The van der Waals surface area contributed by atoms with Crippen molar-refractivity contribution in [2.75, 3.05) is 26.2 Å². The van der Waals surface area contributed by atoms with Gasteiger partial charge < -0.3 is 10.0 Å². The van der Waals surface area contributed by atoms with Crippen LogP contribution in [0.25, 0.3) is 0 Å². The first-order valence-electron chi connectivity index (χ1n) is 7.78. The maximum absolute atomic E-state index is 12.4. The van der Waals surface area contributed by atoms with E-state index in [0.717, 1.165) is 32.4 Å². The van der Waals surface area contributed by atoms with Gasteiger partial charge in [-0.2, -0.15) is 0 Å². The molecule has 0 spiro atoms. The van der Waals surface area contributed by atoms with Crippen LogP contribution in [0.15, 0.2) is 0 Å². The number of carbonyl (C=O) groups excluding carboxylic acids is 1. The molecule has 0 radical (unpaired) electrons. The quantitative estimate of drug-likeness (QED) is 0.810. The highest BCUT2D eigenvalue weighted by Crippen LogP contribution is 2.12. The first-order valence-corrected chi connectivity index (χ1v) is 7.78. The number of rotatable bonds is 6. The van der Waals surface area contributed by atoms with Crippen LogP contribution in [-0.4, -0.2) is 59.0 Å². The number of hydrogen-bond donors (Lipinski definition) is 1. The summed E-state index contributed by atoms with van der Waals surface area (Å²) in [6.45, 7) is 5.79. The average Bonchev–Trinajstić information content (AvgIpc) is 2.35. The minimum atomic E-state index is -0.870. The Morgan fingerprint density at radius 1 is 1.10 bits per heavy atom. The zero-order valence-corrected chi connectivity index (χ0v) is 12.8. The van der Waals surface area contributed by atoms with Gasteiger partial charge in [-0.3, -0.25) is 14.5 Å². The van der Waals surface area contributed by atoms with Crippen molar-refractivity contribution in [1.82, 2.24) is 9.80 Å². The highest BCUT2D eigenvalue weighted by Gasteiger charge is 2.22. The SMILES string of the molecule is CCC(C)N(CC(=O)O)CC(=O)N1CCCCCCC1. The van der Waals surface area contributed by atoms with Crippen LogP contribution in [0.4, 0.5) is 0 Å². The number of amides is 1. The van der Waals surface area contributed by atoms with Crippen molar-refractivity contribution >= 4 is 11.9 Å². The van der Waals surface area contributed by atoms with Crippen molar-refractivity contribution in [2.45, 2.75) is 58.4 Å². The molecule has 1 fully saturated rings. The lowest BCUT2D eigenvalue weighted by molar-refractivity contribution is -0.140. The zero-order valence-electron chi connectivity index (χ0n) is 12.8. The molecule has 20 heavy (non-hydrogen) atoms. The van der Waals surface area contributed by atoms with Gasteiger partial charge in [-0.25, -0.2) is 0 Å². The van der Waals surface area contributed by atoms with Crippen molar-refractivity contribution in [1.29, 1.82) is 0 Å². The van der Waals surface area contributed by atoms with Crippen molar-refractivity contribution in [3.63, 3.8) is 0 Å². The summed E-state index contributed by atoms with van der Waals surface area (Å²) in [6, 6.07) is 0.116. The van der Waals surface area contributed by atoms with E-state index in [4.69, 9.17) is 5.11 Å². The molecular formula is C15H28N2O3. The third-order valence-electron chi connectivity index (χ3n) is 4.10. The summed E-state index contributed by atoms with van der Waals surface area (Å²) >= 11 is 0. The second-order valence-corrected chi connectivity index (χ2v) is 5.70. The largest absolute Gasteiger partial charge is 0.480 e. The predicted octanol–water partition coefficient (Wildman–Crippen LogP) is 1.96. The Balaban J connectivity index is 2.56. The van der Waals surface area contributed by atoms with E-state index in [1.54, 1.807) is 4.90 Å². The lowest BCUT2D eigenvalue weighted by Crippen LogP contribution is -2.46. The zero-order chi connectivity index (χ0) is 15.0. The summed E-state index contributed by atoms with van der Waals surface area (Å²) in [7, 11) is 0. The summed E-state index contributed by atoms with van der Waals surface area (Å²) in [5, 5.41) is 8.97. The van der Waals surface area contributed by atoms with E-state index in [-0.39, 0.29) is 25.0 Å². The molecule has 5 heteroatoms. The molecule has 1 aliphatic rings. The van der Waals surface area contributed by atoms with E-state index in [1.165, 1.54) is 19.3 Å². The lowest BCUT2D eigenvalue weighted by Gasteiger charge is -2.30. The fourth-order valence-corrected chi connectivity index (χ4v) is 2.57. The first-order chi connectivity index (χ1) is 9.54. The summed E-state index contributed by atoms with van der Waals surface area (Å²) in [6.07, 6.45) is 6.62. The van der Waals surface area contributed by atoms with Gasteiger partial charge in [-0.1, -0.05) is 26.2 Å². The molecule has 1 saturated heterocycles. The fourth-order valence-electron chi connectivity index (χ4n) is 2.57. The Morgan fingerprint density at radius 3 is 2.15 bits per heavy atom. The normalized spacial score (nSPS) is 18.4. The van der Waals surface area contributed by atoms with Gasteiger partial charge in [-0.15, -0.1) is 0 Å². The number of nitrogens with zero attached hydrogens (tertiary/aromatic N) is 2. The monoisotopic (exact) mass is 284 g/mol. The van der Waals surface area contributed by atoms with E-state index in [1.807, 2.05) is 18.7 Å². The Kier molecular flexibility index (Phi) is 7.59. The molecule has 1 unspecified atom stereocenters. The van der Waals surface area contributed by atoms with Crippen LogP contribution in [-0.2, 0) is 9.59 Å². The van der Waals surface area contributed by atoms with Crippen molar-refractivity contribution in [2.24, 2.45) is 0 Å². The fraction of sp³-hybridized carbons (Fsp3) is 0.867. The molecule has 1 aliphatic heterocycles. The molecule has 0 bridgehead atoms. The second-order valence-electron chi connectivity index (χ2n) is 5.70. The molecule has 1 amide bonds. The standard InChI is InChI=1S/C15H28N2O3/c1-3-13(2)17(12-15(19)20)11-14(18)16-9-7-5-4-6-8-10-16/h13H,3-12H2,1-2H3,(H,19,20). The van der Waals surface area contributed by atoms with Gasteiger partial charge in [0.25, 0.3) is 0 Å². The van der Waals surface area contributed by atoms with Crippen molar-refractivity contribution in [3.05, 3.63) is 0 Å². The minimum absolute atomic E-state index is 0.0609. The molecule has 0 aromatic rings. The summed E-state index contributed by atoms with van der Waals surface area (Å²) < 4.78 is 0. The van der Waals surface area contributed by atoms with Crippen LogP contribution >= 0.6 is 0 Å². The molecular weight excluding hydrogens is 256 g/mol. The highest BCUT2D eigenvalue weighted by molar-refractivity contribution is 5.79. The second kappa shape index (κ2) is 8.95. The summed E-state index contributed by atoms with van der Waals surface area (Å²) in [5.74, 6) is -0.792. The molecule has 0 aromatic carbocycles. The van der Waals surface area contributed by atoms with E-state index < -0.39 is 5.97 Å². The van der Waals surface area contributed by atoms with Gasteiger partial charge in [0.2, 0.25) is 5.91 Å². The number of carboxylic acids is 1. The third-order valence-corrected chi connectivity index (χ3v) is 4.10. The maximum Gasteiger partial charge on any atom is 0.317 e. The van der Waals surface area contributed by atoms with Gasteiger partial charge in [0.1, 0.15) is 0 Å². The molecule has 1 rings (SSSR count). The van der Waals surface area contributed by atoms with Crippen LogP contribution < -0.4 is 0 Å². The first kappa shape index (κ1) is 17.0. The number of carbonyl (C=O) groups is 2. The molecule has 1 heterocycles. The number of aliphatic carboxylic acids is 1. The Labute approximate surface area is 121 Å². The highest BCUT2D eigenvalue weighted by atomic mass is 16.4. The van der Waals surface area contributed by atoms with Gasteiger partial charge in [0.05, 0.1) is 13.1 Å². The lowest BCUT2D eigenvalue weighted by atomic mass is 10.1. The Bertz CT molecular complexity index is 312. The molecule has 116 valence electrons. The smallest absolute Gasteiger partial charge is 0.317 e. The van der Waals surface area contributed by atoms with Crippen LogP contribution in [0.1, 0.15) is 52.4 Å². The molecule has 0 aromatic heterocycles. The predicted molar refractivity (Wildman–Crippen MR) is 78.6 cm³/mol. The van der Waals surface area contributed by atoms with Crippen LogP contribution in [0.3, 0.4) is 0 Å². The minimum Gasteiger partial charge on any atom is -0.480 e. The molecule has 0 saturated carbocycles. The third kappa shape index (κ3) is 5.90. The van der Waals surface area contributed by atoms with Gasteiger partial charge in [0, 0.05) is 19.1 Å². The Hall–Kier alpha value is -1.10. The molecule has 1 N–H and O–H groups in total. The van der Waals surface area contributed by atoms with E-state index in [2.05, 4.69) is 0 Å². The summed E-state index contributed by atoms with van der Waals surface area (Å²) in [4.78, 5) is 27.0. The maximum atomic E-state index is 12.4. The Morgan fingerprint density at radius 2 is 1.65 bits per heavy atom. The van der Waals surface area contributed by atoms with Crippen molar-refractivity contribution < 1.29 is 14.7 Å². The molecule has 5 nitrogen and oxygen atoms in total. The molecule has 1 atom stereocenters. The van der Waals surface area contributed by atoms with E-state index in [9.17, 15) is 9.59 Å². The topological polar surface area (TPSA) is 60.9 Å². The number of hydrogen-bond acceptors (Lipinski definition) is 3. The number of carboxylic acid groups (broad SMARTS) is 1. The van der Waals surface area contributed by atoms with Crippen LogP contribution in [0.5, 0.6) is 0 Å². The van der Waals surface area contributed by atoms with Crippen LogP contribution in [0.2, 0.25) is 0 Å². The summed E-state index contributed by atoms with van der Waals surface area (Å²) in [5.41, 5.74) is 0. The van der Waals surface area contributed by atoms with Gasteiger partial charge in [0.15, 0.2) is 0 Å². The van der Waals surface area contributed by atoms with E-state index in [0.29, 0.717) is 0 Å².